The van der Waals surface area contributed by atoms with E-state index in [9.17, 15) is 14.4 Å². The molecule has 9 heteroatoms. The molecular formula is C24H29BrN4O4. The highest BCUT2D eigenvalue weighted by atomic mass is 79.9. The van der Waals surface area contributed by atoms with Crippen molar-refractivity contribution in [2.24, 2.45) is 16.8 Å². The van der Waals surface area contributed by atoms with Gasteiger partial charge in [0.15, 0.2) is 0 Å². The number of carbonyl (C=O) groups is 3. The second kappa shape index (κ2) is 8.74. The minimum atomic E-state index is -0.838. The summed E-state index contributed by atoms with van der Waals surface area (Å²) in [6.45, 7) is 2.92. The summed E-state index contributed by atoms with van der Waals surface area (Å²) in [5, 5.41) is 0. The van der Waals surface area contributed by atoms with Crippen molar-refractivity contribution in [1.82, 2.24) is 14.7 Å². The van der Waals surface area contributed by atoms with Crippen LogP contribution in [0.25, 0.3) is 0 Å². The van der Waals surface area contributed by atoms with Crippen LogP contribution in [-0.2, 0) is 14.3 Å². The highest BCUT2D eigenvalue weighted by molar-refractivity contribution is 9.10. The van der Waals surface area contributed by atoms with Crippen LogP contribution in [0.2, 0.25) is 0 Å². The van der Waals surface area contributed by atoms with Crippen molar-refractivity contribution < 1.29 is 19.1 Å². The Bertz CT molecular complexity index is 983. The van der Waals surface area contributed by atoms with Gasteiger partial charge in [0.1, 0.15) is 11.4 Å². The second-order valence-electron chi connectivity index (χ2n) is 9.56. The van der Waals surface area contributed by atoms with Crippen molar-refractivity contribution in [2.45, 2.75) is 37.6 Å². The van der Waals surface area contributed by atoms with E-state index in [2.05, 4.69) is 15.9 Å². The van der Waals surface area contributed by atoms with E-state index in [-0.39, 0.29) is 29.7 Å². The van der Waals surface area contributed by atoms with Crippen molar-refractivity contribution in [1.29, 1.82) is 0 Å². The first-order chi connectivity index (χ1) is 15.9. The Balaban J connectivity index is 1.36. The highest BCUT2D eigenvalue weighted by Crippen LogP contribution is 2.37. The van der Waals surface area contributed by atoms with Gasteiger partial charge in [-0.15, -0.1) is 0 Å². The van der Waals surface area contributed by atoms with Crippen LogP contribution < -0.4 is 0 Å². The van der Waals surface area contributed by atoms with Crippen molar-refractivity contribution in [2.75, 3.05) is 39.8 Å². The first kappa shape index (κ1) is 22.4. The third kappa shape index (κ3) is 4.27. The fourth-order valence-corrected chi connectivity index (χ4v) is 5.45. The van der Waals surface area contributed by atoms with E-state index in [1.807, 2.05) is 34.1 Å². The summed E-state index contributed by atoms with van der Waals surface area (Å²) in [4.78, 5) is 48.7. The molecule has 2 saturated heterocycles. The molecule has 33 heavy (non-hydrogen) atoms. The summed E-state index contributed by atoms with van der Waals surface area (Å²) in [6.07, 6.45) is 3.52. The van der Waals surface area contributed by atoms with E-state index in [1.165, 1.54) is 7.11 Å². The van der Waals surface area contributed by atoms with Gasteiger partial charge in [0.25, 0.3) is 5.91 Å². The fraction of sp³-hybridized carbons (Fsp3) is 0.583. The summed E-state index contributed by atoms with van der Waals surface area (Å²) >= 11 is 3.48. The molecule has 0 bridgehead atoms. The standard InChI is InChI=1S/C24H29BrN4O4/c1-33-23(32)27-12-9-24(10-13-27)22(31)29(20(26-24)17-4-6-19(25)7-5-17)15-16-8-11-28(14-16)21(30)18-2-3-18/h4-7,16,18H,2-3,8-15H2,1H3. The van der Waals surface area contributed by atoms with Gasteiger partial charge in [-0.3, -0.25) is 19.5 Å². The SMILES string of the molecule is COC(=O)N1CCC2(CC1)N=C(c1ccc(Br)cc1)N(CC1CCN(C(=O)C3CC3)C1)C2=O. The third-order valence-electron chi connectivity index (χ3n) is 7.31. The molecule has 1 atom stereocenters. The van der Waals surface area contributed by atoms with Gasteiger partial charge < -0.3 is 14.5 Å². The Morgan fingerprint density at radius 1 is 1.09 bits per heavy atom. The van der Waals surface area contributed by atoms with Crippen LogP contribution in [-0.4, -0.2) is 83.8 Å². The monoisotopic (exact) mass is 516 g/mol. The lowest BCUT2D eigenvalue weighted by molar-refractivity contribution is -0.133. The number of hydrogen-bond donors (Lipinski definition) is 0. The normalized spacial score (nSPS) is 24.4. The minimum Gasteiger partial charge on any atom is -0.453 e. The van der Waals surface area contributed by atoms with Crippen LogP contribution in [0.4, 0.5) is 4.79 Å². The molecule has 4 aliphatic rings. The van der Waals surface area contributed by atoms with Gasteiger partial charge in [-0.25, -0.2) is 4.79 Å². The lowest BCUT2D eigenvalue weighted by Crippen LogP contribution is -2.52. The number of amidine groups is 1. The summed E-state index contributed by atoms with van der Waals surface area (Å²) in [7, 11) is 1.37. The third-order valence-corrected chi connectivity index (χ3v) is 7.84. The largest absolute Gasteiger partial charge is 0.453 e. The number of methoxy groups -OCH3 is 1. The average molecular weight is 517 g/mol. The number of carbonyl (C=O) groups excluding carboxylic acids is 3. The summed E-state index contributed by atoms with van der Waals surface area (Å²) in [5.74, 6) is 1.45. The van der Waals surface area contributed by atoms with Gasteiger partial charge >= 0.3 is 6.09 Å². The topological polar surface area (TPSA) is 82.5 Å². The van der Waals surface area contributed by atoms with Crippen molar-refractivity contribution in [3.8, 4) is 0 Å². The zero-order valence-electron chi connectivity index (χ0n) is 18.8. The first-order valence-corrected chi connectivity index (χ1v) is 12.5. The van der Waals surface area contributed by atoms with Crippen LogP contribution >= 0.6 is 15.9 Å². The maximum atomic E-state index is 13.8. The van der Waals surface area contributed by atoms with Crippen LogP contribution in [0.15, 0.2) is 33.7 Å². The smallest absolute Gasteiger partial charge is 0.409 e. The summed E-state index contributed by atoms with van der Waals surface area (Å²) in [5.41, 5.74) is 0.0671. The van der Waals surface area contributed by atoms with Gasteiger partial charge in [0.05, 0.1) is 7.11 Å². The first-order valence-electron chi connectivity index (χ1n) is 11.7. The fourth-order valence-electron chi connectivity index (χ4n) is 5.19. The molecule has 0 aromatic heterocycles. The van der Waals surface area contributed by atoms with Gasteiger partial charge in [0.2, 0.25) is 5.91 Å². The van der Waals surface area contributed by atoms with Crippen LogP contribution in [0, 0.1) is 11.8 Å². The number of hydrogen-bond acceptors (Lipinski definition) is 5. The average Bonchev–Trinajstić information content (AvgIpc) is 3.53. The number of amides is 3. The molecule has 1 spiro atoms. The predicted molar refractivity (Wildman–Crippen MR) is 126 cm³/mol. The minimum absolute atomic E-state index is 0.0110. The molecule has 176 valence electrons. The Kier molecular flexibility index (Phi) is 5.93. The Hall–Kier alpha value is -2.42. The van der Waals surface area contributed by atoms with Crippen molar-refractivity contribution in [3.05, 3.63) is 34.3 Å². The van der Waals surface area contributed by atoms with Gasteiger partial charge in [-0.2, -0.15) is 0 Å². The lowest BCUT2D eigenvalue weighted by atomic mass is 9.87. The Morgan fingerprint density at radius 3 is 2.42 bits per heavy atom. The number of piperidine rings is 1. The predicted octanol–water partition coefficient (Wildman–Crippen LogP) is 2.90. The molecule has 1 saturated carbocycles. The molecule has 8 nitrogen and oxygen atoms in total. The molecule has 3 amide bonds. The molecular weight excluding hydrogens is 488 g/mol. The van der Waals surface area contributed by atoms with Crippen molar-refractivity contribution in [3.63, 3.8) is 0 Å². The second-order valence-corrected chi connectivity index (χ2v) is 10.5. The quantitative estimate of drug-likeness (QED) is 0.615. The van der Waals surface area contributed by atoms with E-state index in [0.717, 1.165) is 35.8 Å². The molecule has 0 radical (unpaired) electrons. The molecule has 3 aliphatic heterocycles. The molecule has 3 heterocycles. The zero-order chi connectivity index (χ0) is 23.2. The number of ether oxygens (including phenoxy) is 1. The van der Waals surface area contributed by atoms with Gasteiger partial charge in [-0.05, 0) is 50.2 Å². The molecule has 3 fully saturated rings. The number of rotatable bonds is 4. The highest BCUT2D eigenvalue weighted by Gasteiger charge is 2.51. The Labute approximate surface area is 202 Å². The number of aliphatic imine (C=N–C) groups is 1. The molecule has 1 aliphatic carbocycles. The summed E-state index contributed by atoms with van der Waals surface area (Å²) < 4.78 is 5.82. The molecule has 5 rings (SSSR count). The van der Waals surface area contributed by atoms with E-state index in [0.29, 0.717) is 44.9 Å². The molecule has 1 aromatic carbocycles. The van der Waals surface area contributed by atoms with Crippen molar-refractivity contribution >= 4 is 39.7 Å². The maximum absolute atomic E-state index is 13.8. The summed E-state index contributed by atoms with van der Waals surface area (Å²) in [6, 6.07) is 7.86. The van der Waals surface area contributed by atoms with E-state index >= 15 is 0 Å². The number of nitrogens with zero attached hydrogens (tertiary/aromatic N) is 4. The number of likely N-dealkylation sites (tertiary alicyclic amines) is 2. The van der Waals surface area contributed by atoms with Gasteiger partial charge in [0, 0.05) is 48.7 Å². The number of benzene rings is 1. The van der Waals surface area contributed by atoms with Crippen LogP contribution in [0.1, 0.15) is 37.7 Å². The maximum Gasteiger partial charge on any atom is 0.409 e. The van der Waals surface area contributed by atoms with E-state index in [1.54, 1.807) is 4.90 Å². The van der Waals surface area contributed by atoms with E-state index < -0.39 is 5.54 Å². The number of halogens is 1. The van der Waals surface area contributed by atoms with E-state index in [4.69, 9.17) is 9.73 Å². The lowest BCUT2D eigenvalue weighted by Gasteiger charge is -2.35. The van der Waals surface area contributed by atoms with Crippen LogP contribution in [0.5, 0.6) is 0 Å². The molecule has 1 aromatic rings. The molecule has 1 unspecified atom stereocenters. The van der Waals surface area contributed by atoms with Gasteiger partial charge in [-0.1, -0.05) is 28.1 Å². The molecule has 0 N–H and O–H groups in total. The zero-order valence-corrected chi connectivity index (χ0v) is 20.4. The van der Waals surface area contributed by atoms with Crippen LogP contribution in [0.3, 0.4) is 0 Å². The Morgan fingerprint density at radius 2 is 1.79 bits per heavy atom.